The molecule has 1 aromatic heterocycles. The SMILES string of the molecule is CCOC(=O)c1csc(CO/N=C(\C)c2ccc(Sc3cc(F)cc(C4CCOCC4)c3)cc2)n1. The Kier molecular flexibility index (Phi) is 8.90. The quantitative estimate of drug-likeness (QED) is 0.186. The molecule has 6 nitrogen and oxygen atoms in total. The molecule has 3 aromatic rings. The monoisotopic (exact) mass is 514 g/mol. The van der Waals surface area contributed by atoms with Gasteiger partial charge in [0, 0.05) is 28.4 Å². The highest BCUT2D eigenvalue weighted by Gasteiger charge is 2.17. The van der Waals surface area contributed by atoms with E-state index in [9.17, 15) is 9.18 Å². The molecule has 0 spiro atoms. The van der Waals surface area contributed by atoms with Crippen LogP contribution in [0, 0.1) is 5.82 Å². The van der Waals surface area contributed by atoms with E-state index < -0.39 is 5.97 Å². The van der Waals surface area contributed by atoms with Gasteiger partial charge in [-0.1, -0.05) is 29.1 Å². The van der Waals surface area contributed by atoms with Crippen molar-refractivity contribution in [1.82, 2.24) is 4.98 Å². The Hall–Kier alpha value is -2.75. The minimum atomic E-state index is -0.439. The lowest BCUT2D eigenvalue weighted by Gasteiger charge is -2.22. The van der Waals surface area contributed by atoms with E-state index in [1.165, 1.54) is 23.1 Å². The Bertz CT molecular complexity index is 1170. The highest BCUT2D eigenvalue weighted by atomic mass is 32.2. The average Bonchev–Trinajstić information content (AvgIpc) is 3.34. The fourth-order valence-corrected chi connectivity index (χ4v) is 5.30. The van der Waals surface area contributed by atoms with Crippen molar-refractivity contribution < 1.29 is 23.5 Å². The van der Waals surface area contributed by atoms with E-state index in [-0.39, 0.29) is 18.1 Å². The van der Waals surface area contributed by atoms with Crippen molar-refractivity contribution in [3.8, 4) is 0 Å². The Morgan fingerprint density at radius 3 is 2.71 bits per heavy atom. The van der Waals surface area contributed by atoms with Crippen LogP contribution < -0.4 is 0 Å². The van der Waals surface area contributed by atoms with Crippen LogP contribution in [0.1, 0.15) is 59.2 Å². The fourth-order valence-electron chi connectivity index (χ4n) is 3.72. The summed E-state index contributed by atoms with van der Waals surface area (Å²) in [5, 5.41) is 6.46. The topological polar surface area (TPSA) is 70.0 Å². The number of rotatable bonds is 9. The van der Waals surface area contributed by atoms with Gasteiger partial charge in [0.25, 0.3) is 0 Å². The van der Waals surface area contributed by atoms with Gasteiger partial charge >= 0.3 is 5.97 Å². The minimum Gasteiger partial charge on any atom is -0.461 e. The molecule has 0 radical (unpaired) electrons. The zero-order valence-corrected chi connectivity index (χ0v) is 21.3. The molecule has 0 N–H and O–H groups in total. The predicted molar refractivity (Wildman–Crippen MR) is 135 cm³/mol. The number of hydrogen-bond acceptors (Lipinski definition) is 8. The highest BCUT2D eigenvalue weighted by Crippen LogP contribution is 2.34. The van der Waals surface area contributed by atoms with Crippen molar-refractivity contribution in [3.63, 3.8) is 0 Å². The summed E-state index contributed by atoms with van der Waals surface area (Å²) in [6.07, 6.45) is 1.86. The number of nitrogens with zero attached hydrogens (tertiary/aromatic N) is 2. The Morgan fingerprint density at radius 1 is 1.20 bits per heavy atom. The van der Waals surface area contributed by atoms with Gasteiger partial charge in [0.15, 0.2) is 12.3 Å². The summed E-state index contributed by atoms with van der Waals surface area (Å²) in [6, 6.07) is 13.2. The lowest BCUT2D eigenvalue weighted by molar-refractivity contribution is 0.0519. The first-order chi connectivity index (χ1) is 17.0. The van der Waals surface area contributed by atoms with Crippen LogP contribution in [0.25, 0.3) is 0 Å². The summed E-state index contributed by atoms with van der Waals surface area (Å²) in [5.74, 6) is -0.297. The van der Waals surface area contributed by atoms with Crippen molar-refractivity contribution in [1.29, 1.82) is 0 Å². The van der Waals surface area contributed by atoms with Gasteiger partial charge in [0.05, 0.1) is 12.3 Å². The third kappa shape index (κ3) is 7.13. The number of carbonyl (C=O) groups is 1. The van der Waals surface area contributed by atoms with Crippen LogP contribution >= 0.6 is 23.1 Å². The van der Waals surface area contributed by atoms with Crippen LogP contribution in [0.4, 0.5) is 4.39 Å². The molecule has 1 fully saturated rings. The number of hydrogen-bond donors (Lipinski definition) is 0. The largest absolute Gasteiger partial charge is 0.461 e. The maximum absolute atomic E-state index is 14.3. The molecule has 2 heterocycles. The van der Waals surface area contributed by atoms with Crippen LogP contribution in [0.15, 0.2) is 62.8 Å². The highest BCUT2D eigenvalue weighted by molar-refractivity contribution is 7.99. The second kappa shape index (κ2) is 12.3. The molecule has 1 saturated heterocycles. The van der Waals surface area contributed by atoms with E-state index in [0.29, 0.717) is 17.5 Å². The molecule has 0 aliphatic carbocycles. The predicted octanol–water partition coefficient (Wildman–Crippen LogP) is 6.44. The van der Waals surface area contributed by atoms with Gasteiger partial charge < -0.3 is 14.3 Å². The zero-order valence-electron chi connectivity index (χ0n) is 19.7. The van der Waals surface area contributed by atoms with Crippen molar-refractivity contribution in [2.75, 3.05) is 19.8 Å². The van der Waals surface area contributed by atoms with Crippen molar-refractivity contribution >= 4 is 34.8 Å². The standard InChI is InChI=1S/C26H27FN2O4S2/c1-3-32-26(30)24-16-34-25(28-24)15-33-29-17(2)18-4-6-22(7-5-18)35-23-13-20(12-21(27)14-23)19-8-10-31-11-9-19/h4-7,12-14,16,19H,3,8-11,15H2,1-2H3/b29-17+. The van der Waals surface area contributed by atoms with Gasteiger partial charge in [0.2, 0.25) is 0 Å². The molecular formula is C26H27FN2O4S2. The number of aromatic nitrogens is 1. The molecule has 0 bridgehead atoms. The first-order valence-corrected chi connectivity index (χ1v) is 13.2. The first kappa shape index (κ1) is 25.3. The van der Waals surface area contributed by atoms with Crippen LogP contribution in [0.5, 0.6) is 0 Å². The number of halogens is 1. The fraction of sp³-hybridized carbons (Fsp3) is 0.346. The average molecular weight is 515 g/mol. The normalized spacial score (nSPS) is 14.7. The molecule has 35 heavy (non-hydrogen) atoms. The molecule has 0 saturated carbocycles. The van der Waals surface area contributed by atoms with Crippen LogP contribution in [-0.4, -0.2) is 36.5 Å². The number of oxime groups is 1. The number of esters is 1. The molecule has 0 unspecified atom stereocenters. The third-order valence-electron chi connectivity index (χ3n) is 5.52. The number of benzene rings is 2. The molecule has 2 aromatic carbocycles. The molecule has 0 atom stereocenters. The maximum atomic E-state index is 14.3. The van der Waals surface area contributed by atoms with E-state index in [0.717, 1.165) is 52.7 Å². The first-order valence-electron chi connectivity index (χ1n) is 11.5. The molecule has 1 aliphatic heterocycles. The summed E-state index contributed by atoms with van der Waals surface area (Å²) in [6.45, 7) is 5.55. The molecule has 4 rings (SSSR count). The smallest absolute Gasteiger partial charge is 0.357 e. The number of carbonyl (C=O) groups excluding carboxylic acids is 1. The third-order valence-corrected chi connectivity index (χ3v) is 7.32. The Morgan fingerprint density at radius 2 is 1.97 bits per heavy atom. The lowest BCUT2D eigenvalue weighted by atomic mass is 9.92. The molecule has 1 aliphatic rings. The van der Waals surface area contributed by atoms with Crippen LogP contribution in [-0.2, 0) is 20.9 Å². The molecule has 0 amide bonds. The van der Waals surface area contributed by atoms with Crippen LogP contribution in [0.3, 0.4) is 0 Å². The van der Waals surface area contributed by atoms with E-state index in [2.05, 4.69) is 16.2 Å². The van der Waals surface area contributed by atoms with Crippen LogP contribution in [0.2, 0.25) is 0 Å². The van der Waals surface area contributed by atoms with E-state index in [1.54, 1.807) is 24.4 Å². The summed E-state index contributed by atoms with van der Waals surface area (Å²) in [5.41, 5.74) is 2.96. The van der Waals surface area contributed by atoms with Gasteiger partial charge in [-0.25, -0.2) is 14.2 Å². The summed E-state index contributed by atoms with van der Waals surface area (Å²) < 4.78 is 24.6. The van der Waals surface area contributed by atoms with E-state index in [1.807, 2.05) is 31.2 Å². The summed E-state index contributed by atoms with van der Waals surface area (Å²) in [7, 11) is 0. The lowest BCUT2D eigenvalue weighted by Crippen LogP contribution is -2.14. The minimum absolute atomic E-state index is 0.171. The second-order valence-corrected chi connectivity index (χ2v) is 10.1. The van der Waals surface area contributed by atoms with Gasteiger partial charge in [-0.2, -0.15) is 0 Å². The van der Waals surface area contributed by atoms with Crippen molar-refractivity contribution in [3.05, 3.63) is 75.5 Å². The Labute approximate surface area is 212 Å². The zero-order chi connectivity index (χ0) is 24.6. The van der Waals surface area contributed by atoms with E-state index in [4.69, 9.17) is 14.3 Å². The Balaban J connectivity index is 1.34. The molecule has 184 valence electrons. The maximum Gasteiger partial charge on any atom is 0.357 e. The van der Waals surface area contributed by atoms with Crippen molar-refractivity contribution in [2.45, 2.75) is 49.0 Å². The molecular weight excluding hydrogens is 487 g/mol. The van der Waals surface area contributed by atoms with Gasteiger partial charge in [-0.05, 0) is 74.1 Å². The van der Waals surface area contributed by atoms with Crippen molar-refractivity contribution in [2.24, 2.45) is 5.16 Å². The van der Waals surface area contributed by atoms with E-state index >= 15 is 0 Å². The molecule has 9 heteroatoms. The summed E-state index contributed by atoms with van der Waals surface area (Å²) >= 11 is 2.86. The number of thiazole rings is 1. The van der Waals surface area contributed by atoms with Gasteiger partial charge in [-0.15, -0.1) is 11.3 Å². The van der Waals surface area contributed by atoms with Gasteiger partial charge in [-0.3, -0.25) is 0 Å². The summed E-state index contributed by atoms with van der Waals surface area (Å²) in [4.78, 5) is 23.2. The number of ether oxygens (including phenoxy) is 2. The second-order valence-electron chi connectivity index (χ2n) is 8.03. The van der Waals surface area contributed by atoms with Gasteiger partial charge in [0.1, 0.15) is 10.8 Å².